The van der Waals surface area contributed by atoms with Crippen LogP contribution in [0.3, 0.4) is 0 Å². The Labute approximate surface area is 130 Å². The lowest BCUT2D eigenvalue weighted by molar-refractivity contribution is -0.130. The van der Waals surface area contributed by atoms with E-state index in [-0.39, 0.29) is 24.8 Å². The predicted molar refractivity (Wildman–Crippen MR) is 81.5 cm³/mol. The molecule has 0 bridgehead atoms. The molecule has 8 nitrogen and oxygen atoms in total. The summed E-state index contributed by atoms with van der Waals surface area (Å²) in [4.78, 5) is 27.1. The lowest BCUT2D eigenvalue weighted by Crippen LogP contribution is -2.39. The molecule has 0 radical (unpaired) electrons. The minimum Gasteiger partial charge on any atom is -0.383 e. The maximum Gasteiger partial charge on any atom is 0.236 e. The smallest absolute Gasteiger partial charge is 0.236 e. The Bertz CT molecular complexity index is 487. The van der Waals surface area contributed by atoms with E-state index in [9.17, 15) is 9.59 Å². The minimum atomic E-state index is -0.173. The van der Waals surface area contributed by atoms with Crippen LogP contribution >= 0.6 is 0 Å². The molecule has 22 heavy (non-hydrogen) atoms. The molecule has 0 spiro atoms. The number of ether oxygens (including phenoxy) is 1. The second-order valence-corrected chi connectivity index (χ2v) is 5.18. The summed E-state index contributed by atoms with van der Waals surface area (Å²) in [5, 5.41) is 6.36. The molecule has 0 aliphatic heterocycles. The number of hydrogen-bond donors (Lipinski definition) is 1. The zero-order valence-corrected chi connectivity index (χ0v) is 13.6. The molecule has 8 heteroatoms. The van der Waals surface area contributed by atoms with Gasteiger partial charge in [0.25, 0.3) is 0 Å². The van der Waals surface area contributed by atoms with Crippen LogP contribution in [-0.4, -0.2) is 74.2 Å². The van der Waals surface area contributed by atoms with E-state index in [1.807, 2.05) is 4.90 Å². The van der Waals surface area contributed by atoms with Gasteiger partial charge in [0, 0.05) is 46.8 Å². The van der Waals surface area contributed by atoms with Crippen LogP contribution in [0, 0.1) is 6.92 Å². The van der Waals surface area contributed by atoms with E-state index in [1.165, 1.54) is 4.90 Å². The predicted octanol–water partition coefficient (Wildman–Crippen LogP) is 0.348. The van der Waals surface area contributed by atoms with Gasteiger partial charge in [-0.1, -0.05) is 5.16 Å². The van der Waals surface area contributed by atoms with Crippen LogP contribution in [-0.2, 0) is 14.3 Å². The lowest BCUT2D eigenvalue weighted by Gasteiger charge is -2.22. The number of aryl methyl sites for hydroxylation is 1. The SMILES string of the molecule is COCCN(CCC(=O)Nc1cc(C)on1)CC(=O)N(C)C. The van der Waals surface area contributed by atoms with Gasteiger partial charge in [-0.25, -0.2) is 0 Å². The van der Waals surface area contributed by atoms with E-state index in [2.05, 4.69) is 10.5 Å². The van der Waals surface area contributed by atoms with Gasteiger partial charge in [0.05, 0.1) is 13.2 Å². The van der Waals surface area contributed by atoms with Crippen molar-refractivity contribution in [3.05, 3.63) is 11.8 Å². The third kappa shape index (κ3) is 6.68. The Hall–Kier alpha value is -1.93. The Kier molecular flexibility index (Phi) is 7.55. The number of aromatic nitrogens is 1. The van der Waals surface area contributed by atoms with Crippen molar-refractivity contribution in [2.75, 3.05) is 52.8 Å². The molecule has 1 aromatic rings. The van der Waals surface area contributed by atoms with E-state index in [4.69, 9.17) is 9.26 Å². The van der Waals surface area contributed by atoms with Crippen molar-refractivity contribution >= 4 is 17.6 Å². The third-order valence-electron chi connectivity index (χ3n) is 3.02. The van der Waals surface area contributed by atoms with Gasteiger partial charge in [-0.2, -0.15) is 0 Å². The average molecular weight is 312 g/mol. The second-order valence-electron chi connectivity index (χ2n) is 5.18. The summed E-state index contributed by atoms with van der Waals surface area (Å²) < 4.78 is 9.91. The van der Waals surface area contributed by atoms with Crippen LogP contribution in [0.4, 0.5) is 5.82 Å². The first-order valence-corrected chi connectivity index (χ1v) is 7.07. The van der Waals surface area contributed by atoms with Crippen molar-refractivity contribution in [2.24, 2.45) is 0 Å². The molecule has 0 saturated carbocycles. The molecular formula is C14H24N4O4. The first-order valence-electron chi connectivity index (χ1n) is 7.07. The molecule has 0 atom stereocenters. The molecule has 0 saturated heterocycles. The van der Waals surface area contributed by atoms with Crippen molar-refractivity contribution in [3.8, 4) is 0 Å². The fourth-order valence-electron chi connectivity index (χ4n) is 1.71. The topological polar surface area (TPSA) is 87.9 Å². The number of nitrogens with zero attached hydrogens (tertiary/aromatic N) is 3. The number of amides is 2. The van der Waals surface area contributed by atoms with Crippen LogP contribution in [0.1, 0.15) is 12.2 Å². The molecule has 0 aliphatic rings. The Balaban J connectivity index is 2.43. The van der Waals surface area contributed by atoms with E-state index >= 15 is 0 Å². The van der Waals surface area contributed by atoms with E-state index < -0.39 is 0 Å². The Morgan fingerprint density at radius 2 is 2.09 bits per heavy atom. The van der Waals surface area contributed by atoms with Crippen molar-refractivity contribution < 1.29 is 18.8 Å². The normalized spacial score (nSPS) is 10.8. The molecular weight excluding hydrogens is 288 g/mol. The highest BCUT2D eigenvalue weighted by atomic mass is 16.5. The maximum atomic E-state index is 11.9. The van der Waals surface area contributed by atoms with Crippen LogP contribution in [0.5, 0.6) is 0 Å². The number of likely N-dealkylation sites (N-methyl/N-ethyl adjacent to an activating group) is 1. The zero-order valence-electron chi connectivity index (χ0n) is 13.6. The van der Waals surface area contributed by atoms with Crippen molar-refractivity contribution in [1.82, 2.24) is 15.0 Å². The van der Waals surface area contributed by atoms with Gasteiger partial charge in [-0.3, -0.25) is 14.5 Å². The van der Waals surface area contributed by atoms with Gasteiger partial charge in [0.15, 0.2) is 5.82 Å². The standard InChI is InChI=1S/C14H24N4O4/c1-11-9-12(16-22-11)15-13(19)5-6-18(7-8-21-4)10-14(20)17(2)3/h9H,5-8,10H2,1-4H3,(H,15,16,19). The molecule has 0 fully saturated rings. The molecule has 0 unspecified atom stereocenters. The molecule has 2 amide bonds. The summed E-state index contributed by atoms with van der Waals surface area (Å²) in [6.07, 6.45) is 0.260. The van der Waals surface area contributed by atoms with Crippen LogP contribution < -0.4 is 5.32 Å². The zero-order chi connectivity index (χ0) is 16.5. The monoisotopic (exact) mass is 312 g/mol. The van der Waals surface area contributed by atoms with Gasteiger partial charge < -0.3 is 19.5 Å². The van der Waals surface area contributed by atoms with Crippen LogP contribution in [0.15, 0.2) is 10.6 Å². The van der Waals surface area contributed by atoms with Crippen molar-refractivity contribution in [3.63, 3.8) is 0 Å². The largest absolute Gasteiger partial charge is 0.383 e. The summed E-state index contributed by atoms with van der Waals surface area (Å²) in [6.45, 7) is 3.57. The maximum absolute atomic E-state index is 11.9. The highest BCUT2D eigenvalue weighted by Gasteiger charge is 2.14. The highest BCUT2D eigenvalue weighted by molar-refractivity contribution is 5.89. The van der Waals surface area contributed by atoms with Crippen LogP contribution in [0.2, 0.25) is 0 Å². The number of methoxy groups -OCH3 is 1. The summed E-state index contributed by atoms with van der Waals surface area (Å²) in [5.74, 6) is 0.848. The molecule has 0 aliphatic carbocycles. The van der Waals surface area contributed by atoms with Gasteiger partial charge in [-0.15, -0.1) is 0 Å². The van der Waals surface area contributed by atoms with Gasteiger partial charge in [0.2, 0.25) is 11.8 Å². The molecule has 0 aromatic carbocycles. The minimum absolute atomic E-state index is 0.0105. The number of nitrogens with one attached hydrogen (secondary N) is 1. The third-order valence-corrected chi connectivity index (χ3v) is 3.02. The Morgan fingerprint density at radius 1 is 1.36 bits per heavy atom. The van der Waals surface area contributed by atoms with E-state index in [0.717, 1.165) is 0 Å². The molecule has 1 rings (SSSR count). The van der Waals surface area contributed by atoms with Crippen molar-refractivity contribution in [2.45, 2.75) is 13.3 Å². The summed E-state index contributed by atoms with van der Waals surface area (Å²) in [5.41, 5.74) is 0. The molecule has 124 valence electrons. The fraction of sp³-hybridized carbons (Fsp3) is 0.643. The molecule has 1 aromatic heterocycles. The second kappa shape index (κ2) is 9.16. The Morgan fingerprint density at radius 3 is 2.64 bits per heavy atom. The molecule has 1 N–H and O–H groups in total. The van der Waals surface area contributed by atoms with Crippen molar-refractivity contribution in [1.29, 1.82) is 0 Å². The van der Waals surface area contributed by atoms with Gasteiger partial charge in [0.1, 0.15) is 5.76 Å². The quantitative estimate of drug-likeness (QED) is 0.708. The molecule has 1 heterocycles. The van der Waals surface area contributed by atoms with Gasteiger partial charge >= 0.3 is 0 Å². The highest BCUT2D eigenvalue weighted by Crippen LogP contribution is 2.07. The summed E-state index contributed by atoms with van der Waals surface area (Å²) in [7, 11) is 5.01. The van der Waals surface area contributed by atoms with E-state index in [1.54, 1.807) is 34.2 Å². The number of anilines is 1. The number of carbonyl (C=O) groups excluding carboxylic acids is 2. The summed E-state index contributed by atoms with van der Waals surface area (Å²) >= 11 is 0. The number of rotatable bonds is 9. The average Bonchev–Trinajstić information content (AvgIpc) is 2.86. The first-order chi connectivity index (χ1) is 10.4. The lowest BCUT2D eigenvalue weighted by atomic mass is 10.3. The fourth-order valence-corrected chi connectivity index (χ4v) is 1.71. The van der Waals surface area contributed by atoms with Crippen LogP contribution in [0.25, 0.3) is 0 Å². The number of carbonyl (C=O) groups is 2. The first kappa shape index (κ1) is 18.1. The van der Waals surface area contributed by atoms with E-state index in [0.29, 0.717) is 31.3 Å². The summed E-state index contributed by atoms with van der Waals surface area (Å²) in [6, 6.07) is 1.65. The van der Waals surface area contributed by atoms with Gasteiger partial charge in [-0.05, 0) is 6.92 Å². The number of hydrogen-bond acceptors (Lipinski definition) is 6.